The number of aromatic nitrogens is 2. The zero-order chi connectivity index (χ0) is 9.42. The van der Waals surface area contributed by atoms with E-state index in [0.29, 0.717) is 0 Å². The fraction of sp³-hybridized carbons (Fsp3) is 0.300. The van der Waals surface area contributed by atoms with E-state index in [-0.39, 0.29) is 6.04 Å². The molecular weight excluding hydrogens is 162 g/mol. The van der Waals surface area contributed by atoms with Gasteiger partial charge in [0.1, 0.15) is 0 Å². The standard InChI is InChI=1S/C10H13N3/c1-7(11)8-4-3-5-10-9(8)6-12-13(10)2/h3-7H,11H2,1-2H3/t7-/m0/s1. The van der Waals surface area contributed by atoms with E-state index in [2.05, 4.69) is 11.2 Å². The zero-order valence-electron chi connectivity index (χ0n) is 7.86. The van der Waals surface area contributed by atoms with E-state index in [9.17, 15) is 0 Å². The summed E-state index contributed by atoms with van der Waals surface area (Å²) in [5.74, 6) is 0. The summed E-state index contributed by atoms with van der Waals surface area (Å²) >= 11 is 0. The van der Waals surface area contributed by atoms with Crippen LogP contribution in [0.3, 0.4) is 0 Å². The number of hydrogen-bond donors (Lipinski definition) is 1. The summed E-state index contributed by atoms with van der Waals surface area (Å²) in [6.45, 7) is 1.99. The molecule has 3 nitrogen and oxygen atoms in total. The molecule has 0 aliphatic carbocycles. The molecule has 0 aliphatic heterocycles. The third kappa shape index (κ3) is 1.21. The molecule has 0 saturated heterocycles. The number of nitrogens with zero attached hydrogens (tertiary/aromatic N) is 2. The van der Waals surface area contributed by atoms with Crippen LogP contribution in [0, 0.1) is 0 Å². The molecule has 2 aromatic rings. The normalized spacial score (nSPS) is 13.5. The summed E-state index contributed by atoms with van der Waals surface area (Å²) in [5, 5.41) is 5.35. The average Bonchev–Trinajstić information content (AvgIpc) is 2.48. The van der Waals surface area contributed by atoms with Crippen LogP contribution in [0.4, 0.5) is 0 Å². The number of aryl methyl sites for hydroxylation is 1. The molecule has 0 aliphatic rings. The molecule has 13 heavy (non-hydrogen) atoms. The van der Waals surface area contributed by atoms with Crippen molar-refractivity contribution in [1.29, 1.82) is 0 Å². The van der Waals surface area contributed by atoms with Gasteiger partial charge in [-0.1, -0.05) is 12.1 Å². The van der Waals surface area contributed by atoms with Gasteiger partial charge in [-0.15, -0.1) is 0 Å². The molecule has 0 saturated carbocycles. The summed E-state index contributed by atoms with van der Waals surface area (Å²) in [6, 6.07) is 6.18. The fourth-order valence-electron chi connectivity index (χ4n) is 1.60. The predicted octanol–water partition coefficient (Wildman–Crippen LogP) is 1.59. The third-order valence-corrected chi connectivity index (χ3v) is 2.32. The zero-order valence-corrected chi connectivity index (χ0v) is 7.86. The Morgan fingerprint density at radius 3 is 2.92 bits per heavy atom. The molecule has 0 radical (unpaired) electrons. The molecule has 1 aromatic carbocycles. The van der Waals surface area contributed by atoms with E-state index in [4.69, 9.17) is 5.73 Å². The van der Waals surface area contributed by atoms with Crippen molar-refractivity contribution in [2.24, 2.45) is 12.8 Å². The lowest BCUT2D eigenvalue weighted by atomic mass is 10.1. The first kappa shape index (κ1) is 8.26. The Labute approximate surface area is 77.2 Å². The van der Waals surface area contributed by atoms with Crippen molar-refractivity contribution < 1.29 is 0 Å². The van der Waals surface area contributed by atoms with E-state index in [1.165, 1.54) is 0 Å². The SMILES string of the molecule is C[C@H](N)c1cccc2c1cnn2C. The number of benzene rings is 1. The van der Waals surface area contributed by atoms with Gasteiger partial charge in [-0.2, -0.15) is 5.10 Å². The van der Waals surface area contributed by atoms with Crippen LogP contribution in [0.1, 0.15) is 18.5 Å². The third-order valence-electron chi connectivity index (χ3n) is 2.32. The number of nitrogens with two attached hydrogens (primary N) is 1. The van der Waals surface area contributed by atoms with Gasteiger partial charge in [-0.05, 0) is 18.6 Å². The number of rotatable bonds is 1. The summed E-state index contributed by atoms with van der Waals surface area (Å²) in [4.78, 5) is 0. The highest BCUT2D eigenvalue weighted by molar-refractivity contribution is 5.82. The Balaban J connectivity index is 2.77. The molecule has 0 fully saturated rings. The highest BCUT2D eigenvalue weighted by Gasteiger charge is 2.07. The fourth-order valence-corrected chi connectivity index (χ4v) is 1.60. The summed E-state index contributed by atoms with van der Waals surface area (Å²) in [7, 11) is 1.94. The highest BCUT2D eigenvalue weighted by Crippen LogP contribution is 2.21. The molecule has 0 amide bonds. The van der Waals surface area contributed by atoms with Crippen molar-refractivity contribution in [3.8, 4) is 0 Å². The minimum Gasteiger partial charge on any atom is -0.324 e. The van der Waals surface area contributed by atoms with Gasteiger partial charge in [-0.25, -0.2) is 0 Å². The largest absolute Gasteiger partial charge is 0.324 e. The van der Waals surface area contributed by atoms with Gasteiger partial charge >= 0.3 is 0 Å². The monoisotopic (exact) mass is 175 g/mol. The van der Waals surface area contributed by atoms with E-state index in [1.807, 2.05) is 37.0 Å². The van der Waals surface area contributed by atoms with Crippen molar-refractivity contribution in [3.63, 3.8) is 0 Å². The van der Waals surface area contributed by atoms with Gasteiger partial charge < -0.3 is 5.73 Å². The van der Waals surface area contributed by atoms with Crippen LogP contribution in [0.25, 0.3) is 10.9 Å². The van der Waals surface area contributed by atoms with Crippen molar-refractivity contribution in [3.05, 3.63) is 30.0 Å². The first-order valence-corrected chi connectivity index (χ1v) is 4.36. The summed E-state index contributed by atoms with van der Waals surface area (Å²) < 4.78 is 1.86. The lowest BCUT2D eigenvalue weighted by Crippen LogP contribution is -2.05. The highest BCUT2D eigenvalue weighted by atomic mass is 15.2. The second kappa shape index (κ2) is 2.85. The summed E-state index contributed by atoms with van der Waals surface area (Å²) in [6.07, 6.45) is 1.87. The van der Waals surface area contributed by atoms with Crippen LogP contribution in [0.5, 0.6) is 0 Å². The maximum absolute atomic E-state index is 5.85. The van der Waals surface area contributed by atoms with Crippen LogP contribution in [-0.2, 0) is 7.05 Å². The molecular formula is C10H13N3. The molecule has 1 aromatic heterocycles. The Kier molecular flexibility index (Phi) is 1.81. The first-order chi connectivity index (χ1) is 6.20. The Morgan fingerprint density at radius 1 is 1.46 bits per heavy atom. The molecule has 0 bridgehead atoms. The van der Waals surface area contributed by atoms with Gasteiger partial charge in [0, 0.05) is 18.5 Å². The van der Waals surface area contributed by atoms with Crippen LogP contribution in [0.15, 0.2) is 24.4 Å². The Hall–Kier alpha value is -1.35. The molecule has 0 unspecified atom stereocenters. The second-order valence-corrected chi connectivity index (χ2v) is 3.34. The maximum Gasteiger partial charge on any atom is 0.0682 e. The Morgan fingerprint density at radius 2 is 2.23 bits per heavy atom. The molecule has 1 atom stereocenters. The van der Waals surface area contributed by atoms with Gasteiger partial charge in [-0.3, -0.25) is 4.68 Å². The number of fused-ring (bicyclic) bond motifs is 1. The molecule has 1 heterocycles. The summed E-state index contributed by atoms with van der Waals surface area (Å²) in [5.41, 5.74) is 8.14. The van der Waals surface area contributed by atoms with Crippen LogP contribution in [0.2, 0.25) is 0 Å². The molecule has 0 spiro atoms. The van der Waals surface area contributed by atoms with Gasteiger partial charge in [0.25, 0.3) is 0 Å². The topological polar surface area (TPSA) is 43.8 Å². The van der Waals surface area contributed by atoms with Gasteiger partial charge in [0.05, 0.1) is 11.7 Å². The predicted molar refractivity (Wildman–Crippen MR) is 53.3 cm³/mol. The smallest absolute Gasteiger partial charge is 0.0682 e. The van der Waals surface area contributed by atoms with Crippen LogP contribution in [-0.4, -0.2) is 9.78 Å². The van der Waals surface area contributed by atoms with E-state index < -0.39 is 0 Å². The van der Waals surface area contributed by atoms with Crippen LogP contribution < -0.4 is 5.73 Å². The van der Waals surface area contributed by atoms with Crippen molar-refractivity contribution in [1.82, 2.24) is 9.78 Å². The van der Waals surface area contributed by atoms with Gasteiger partial charge in [0.2, 0.25) is 0 Å². The maximum atomic E-state index is 5.85. The molecule has 2 rings (SSSR count). The van der Waals surface area contributed by atoms with Gasteiger partial charge in [0.15, 0.2) is 0 Å². The minimum atomic E-state index is 0.0629. The lowest BCUT2D eigenvalue weighted by molar-refractivity contribution is 0.796. The van der Waals surface area contributed by atoms with Crippen molar-refractivity contribution in [2.75, 3.05) is 0 Å². The first-order valence-electron chi connectivity index (χ1n) is 4.36. The average molecular weight is 175 g/mol. The molecule has 68 valence electrons. The van der Waals surface area contributed by atoms with E-state index in [0.717, 1.165) is 16.5 Å². The van der Waals surface area contributed by atoms with Crippen molar-refractivity contribution >= 4 is 10.9 Å². The van der Waals surface area contributed by atoms with Crippen molar-refractivity contribution in [2.45, 2.75) is 13.0 Å². The van der Waals surface area contributed by atoms with E-state index in [1.54, 1.807) is 0 Å². The Bertz CT molecular complexity index is 429. The quantitative estimate of drug-likeness (QED) is 0.715. The minimum absolute atomic E-state index is 0.0629. The van der Waals surface area contributed by atoms with Crippen LogP contribution >= 0.6 is 0 Å². The lowest BCUT2D eigenvalue weighted by Gasteiger charge is -2.06. The van der Waals surface area contributed by atoms with E-state index >= 15 is 0 Å². The molecule has 3 heteroatoms. The second-order valence-electron chi connectivity index (χ2n) is 3.34. The number of hydrogen-bond acceptors (Lipinski definition) is 2. The molecule has 2 N–H and O–H groups in total.